The first-order chi connectivity index (χ1) is 20.0. The van der Waals surface area contributed by atoms with Crippen molar-refractivity contribution in [2.75, 3.05) is 0 Å². The highest BCUT2D eigenvalue weighted by molar-refractivity contribution is 5.38. The fourth-order valence-corrected chi connectivity index (χ4v) is 4.35. The van der Waals surface area contributed by atoms with Crippen LogP contribution in [0.4, 0.5) is 22.0 Å². The molecule has 3 aromatic carbocycles. The van der Waals surface area contributed by atoms with Gasteiger partial charge in [-0.2, -0.15) is 5.10 Å². The van der Waals surface area contributed by atoms with Crippen molar-refractivity contribution in [3.63, 3.8) is 0 Å². The number of aromatic nitrogens is 6. The van der Waals surface area contributed by atoms with Gasteiger partial charge in [0.15, 0.2) is 0 Å². The van der Waals surface area contributed by atoms with Crippen LogP contribution < -0.4 is 9.47 Å². The lowest BCUT2D eigenvalue weighted by Crippen LogP contribution is -2.38. The molecule has 0 saturated heterocycles. The molecule has 2 atom stereocenters. The number of hydrogen-bond acceptors (Lipinski definition) is 7. The zero-order valence-corrected chi connectivity index (χ0v) is 21.9. The molecule has 42 heavy (non-hydrogen) atoms. The fourth-order valence-electron chi connectivity index (χ4n) is 4.35. The Labute approximate surface area is 235 Å². The summed E-state index contributed by atoms with van der Waals surface area (Å²) in [5.74, 6) is -2.34. The second-order valence-corrected chi connectivity index (χ2v) is 9.43. The lowest BCUT2D eigenvalue weighted by molar-refractivity contribution is -0.274. The third-order valence-corrected chi connectivity index (χ3v) is 6.60. The molecule has 0 spiro atoms. The van der Waals surface area contributed by atoms with Crippen LogP contribution in [-0.2, 0) is 18.8 Å². The van der Waals surface area contributed by atoms with E-state index in [1.54, 1.807) is 37.4 Å². The van der Waals surface area contributed by atoms with Crippen molar-refractivity contribution in [3.05, 3.63) is 114 Å². The Morgan fingerprint density at radius 2 is 1.67 bits per heavy atom. The first-order valence-electron chi connectivity index (χ1n) is 12.5. The second-order valence-electron chi connectivity index (χ2n) is 9.43. The molecule has 0 radical (unpaired) electrons. The van der Waals surface area contributed by atoms with Crippen molar-refractivity contribution in [1.82, 2.24) is 29.8 Å². The summed E-state index contributed by atoms with van der Waals surface area (Å²) in [5.41, 5.74) is -0.444. The van der Waals surface area contributed by atoms with Gasteiger partial charge in [0, 0.05) is 17.5 Å². The summed E-state index contributed by atoms with van der Waals surface area (Å²) < 4.78 is 77.9. The Morgan fingerprint density at radius 1 is 0.952 bits per heavy atom. The van der Waals surface area contributed by atoms with Crippen LogP contribution >= 0.6 is 0 Å². The van der Waals surface area contributed by atoms with E-state index in [1.165, 1.54) is 52.4 Å². The predicted octanol–water partition coefficient (Wildman–Crippen LogP) is 5.31. The Hall–Kier alpha value is -4.85. The average molecular weight is 587 g/mol. The van der Waals surface area contributed by atoms with Gasteiger partial charge in [0.1, 0.15) is 48.0 Å². The van der Waals surface area contributed by atoms with Crippen LogP contribution in [0.1, 0.15) is 29.7 Å². The molecule has 218 valence electrons. The van der Waals surface area contributed by atoms with Crippen LogP contribution in [0.25, 0.3) is 5.69 Å². The normalized spacial score (nSPS) is 13.9. The summed E-state index contributed by atoms with van der Waals surface area (Å²) in [5, 5.41) is 24.1. The molecule has 2 heterocycles. The SMILES string of the molecule is C[C@@H](c1cn(-c2ccc(OCc3ccc(OC(F)(F)F)cc3)cc2)nn1)[C@](O)(Cn1cncn1)c1ccc(F)cc1F. The summed E-state index contributed by atoms with van der Waals surface area (Å²) >= 11 is 0. The molecule has 0 bridgehead atoms. The van der Waals surface area contributed by atoms with Crippen molar-refractivity contribution < 1.29 is 36.5 Å². The first-order valence-corrected chi connectivity index (χ1v) is 12.5. The highest BCUT2D eigenvalue weighted by Crippen LogP contribution is 2.39. The molecule has 0 aliphatic rings. The van der Waals surface area contributed by atoms with Crippen molar-refractivity contribution in [2.24, 2.45) is 0 Å². The number of halogens is 5. The van der Waals surface area contributed by atoms with E-state index in [2.05, 4.69) is 25.1 Å². The average Bonchev–Trinajstić information content (AvgIpc) is 3.64. The second kappa shape index (κ2) is 11.6. The van der Waals surface area contributed by atoms with Gasteiger partial charge in [0.2, 0.25) is 0 Å². The van der Waals surface area contributed by atoms with Crippen molar-refractivity contribution in [2.45, 2.75) is 38.0 Å². The minimum atomic E-state index is -4.76. The molecule has 0 saturated carbocycles. The molecule has 14 heteroatoms. The van der Waals surface area contributed by atoms with Gasteiger partial charge in [-0.1, -0.05) is 30.3 Å². The summed E-state index contributed by atoms with van der Waals surface area (Å²) in [7, 11) is 0. The molecule has 0 aliphatic carbocycles. The molecular weight excluding hydrogens is 563 g/mol. The van der Waals surface area contributed by atoms with Gasteiger partial charge in [0.25, 0.3) is 0 Å². The lowest BCUT2D eigenvalue weighted by Gasteiger charge is -2.33. The summed E-state index contributed by atoms with van der Waals surface area (Å²) in [6.45, 7) is 1.57. The number of aliphatic hydroxyl groups is 1. The van der Waals surface area contributed by atoms with Gasteiger partial charge in [-0.15, -0.1) is 18.3 Å². The Bertz CT molecular complexity index is 1630. The Kier molecular flexibility index (Phi) is 7.89. The van der Waals surface area contributed by atoms with E-state index in [0.717, 1.165) is 6.07 Å². The molecule has 0 fully saturated rings. The Balaban J connectivity index is 1.29. The highest BCUT2D eigenvalue weighted by atomic mass is 19.4. The number of ether oxygens (including phenoxy) is 2. The minimum Gasteiger partial charge on any atom is -0.489 e. The third-order valence-electron chi connectivity index (χ3n) is 6.60. The molecule has 0 aliphatic heterocycles. The van der Waals surface area contributed by atoms with Gasteiger partial charge in [-0.05, 0) is 48.0 Å². The smallest absolute Gasteiger partial charge is 0.489 e. The molecule has 2 aromatic heterocycles. The lowest BCUT2D eigenvalue weighted by atomic mass is 9.80. The van der Waals surface area contributed by atoms with E-state index in [4.69, 9.17) is 4.74 Å². The third kappa shape index (κ3) is 6.54. The fraction of sp³-hybridized carbons (Fsp3) is 0.214. The topological polar surface area (TPSA) is 100 Å². The van der Waals surface area contributed by atoms with E-state index < -0.39 is 29.5 Å². The molecular formula is C28H23F5N6O3. The van der Waals surface area contributed by atoms with Crippen LogP contribution in [0.5, 0.6) is 11.5 Å². The molecule has 9 nitrogen and oxygen atoms in total. The maximum Gasteiger partial charge on any atom is 0.573 e. The summed E-state index contributed by atoms with van der Waals surface area (Å²) in [6, 6.07) is 15.1. The van der Waals surface area contributed by atoms with E-state index >= 15 is 0 Å². The van der Waals surface area contributed by atoms with E-state index in [0.29, 0.717) is 28.8 Å². The monoisotopic (exact) mass is 586 g/mol. The maximum atomic E-state index is 14.9. The van der Waals surface area contributed by atoms with E-state index in [1.807, 2.05) is 0 Å². The number of rotatable bonds is 10. The molecule has 5 aromatic rings. The zero-order valence-electron chi connectivity index (χ0n) is 21.9. The van der Waals surface area contributed by atoms with E-state index in [9.17, 15) is 27.1 Å². The van der Waals surface area contributed by atoms with Crippen LogP contribution in [-0.4, -0.2) is 41.2 Å². The number of nitrogens with zero attached hydrogens (tertiary/aromatic N) is 6. The van der Waals surface area contributed by atoms with Crippen LogP contribution in [0.2, 0.25) is 0 Å². The van der Waals surface area contributed by atoms with Crippen LogP contribution in [0.3, 0.4) is 0 Å². The maximum absolute atomic E-state index is 14.9. The standard InChI is InChI=1S/C28H23F5N6O3/c1-18(27(40,15-38-17-34-16-35-38)24-11-4-20(29)12-25(24)30)26-13-39(37-36-26)21-5-9-22(10-6-21)41-14-19-2-7-23(8-3-19)42-28(31,32)33/h2-13,16-18,40H,14-15H2,1H3/t18-,27+/m0/s1. The number of hydrogen-bond donors (Lipinski definition) is 1. The van der Waals surface area contributed by atoms with Crippen LogP contribution in [0.15, 0.2) is 85.6 Å². The van der Waals surface area contributed by atoms with Crippen molar-refractivity contribution in [1.29, 1.82) is 0 Å². The van der Waals surface area contributed by atoms with Crippen LogP contribution in [0, 0.1) is 11.6 Å². The van der Waals surface area contributed by atoms with Gasteiger partial charge < -0.3 is 14.6 Å². The van der Waals surface area contributed by atoms with Gasteiger partial charge in [0.05, 0.1) is 24.1 Å². The zero-order chi connectivity index (χ0) is 29.9. The van der Waals surface area contributed by atoms with Gasteiger partial charge >= 0.3 is 6.36 Å². The van der Waals surface area contributed by atoms with Gasteiger partial charge in [-0.3, -0.25) is 0 Å². The Morgan fingerprint density at radius 3 is 2.31 bits per heavy atom. The molecule has 0 unspecified atom stereocenters. The number of benzene rings is 3. The quantitative estimate of drug-likeness (QED) is 0.222. The minimum absolute atomic E-state index is 0.112. The molecule has 0 amide bonds. The highest BCUT2D eigenvalue weighted by Gasteiger charge is 2.41. The van der Waals surface area contributed by atoms with E-state index in [-0.39, 0.29) is 24.5 Å². The predicted molar refractivity (Wildman–Crippen MR) is 138 cm³/mol. The summed E-state index contributed by atoms with van der Waals surface area (Å²) in [6.07, 6.45) is -0.531. The molecule has 1 N–H and O–H groups in total. The van der Waals surface area contributed by atoms with Gasteiger partial charge in [-0.25, -0.2) is 23.1 Å². The van der Waals surface area contributed by atoms with Crippen molar-refractivity contribution >= 4 is 0 Å². The largest absolute Gasteiger partial charge is 0.573 e. The summed E-state index contributed by atoms with van der Waals surface area (Å²) in [4.78, 5) is 3.87. The first kappa shape index (κ1) is 28.7. The molecule has 5 rings (SSSR count). The van der Waals surface area contributed by atoms with Crippen molar-refractivity contribution in [3.8, 4) is 17.2 Å². The number of alkyl halides is 3.